The molecule has 0 bridgehead atoms. The third-order valence-electron chi connectivity index (χ3n) is 7.76. The highest BCUT2D eigenvalue weighted by Crippen LogP contribution is 2.65. The Morgan fingerprint density at radius 1 is 1.34 bits per heavy atom. The number of hydrogen-bond acceptors (Lipinski definition) is 5. The fourth-order valence-electron chi connectivity index (χ4n) is 6.58. The molecule has 0 heterocycles. The predicted octanol–water partition coefficient (Wildman–Crippen LogP) is 2.88. The van der Waals surface area contributed by atoms with Crippen molar-refractivity contribution < 1.29 is 28.6 Å². The summed E-state index contributed by atoms with van der Waals surface area (Å²) in [5, 5.41) is 11.2. The SMILES string of the molecule is CC(=O)OCC(=O)C1=CC[C@H]2[C@@H]3C[C@H](F)C4=CC(=O)C=C[C@]4(C)[C@H]3[C@@H](O)C[C@]12C. The van der Waals surface area contributed by atoms with Gasteiger partial charge >= 0.3 is 5.97 Å². The van der Waals surface area contributed by atoms with Crippen molar-refractivity contribution in [2.75, 3.05) is 6.61 Å². The standard InChI is InChI=1S/C23H27FO5/c1-12(25)29-11-20(28)16-5-4-15-14-9-18(24)17-8-13(26)6-7-22(17,2)21(14)19(27)10-23(15,16)3/h5-8,14-15,18-19,21,27H,4,9-11H2,1-3H3/t14-,15-,18-,19-,21+,22-,23-/m0/s1. The van der Waals surface area contributed by atoms with Gasteiger partial charge in [-0.05, 0) is 48.8 Å². The second-order valence-corrected chi connectivity index (χ2v) is 9.36. The van der Waals surface area contributed by atoms with Gasteiger partial charge < -0.3 is 9.84 Å². The zero-order valence-corrected chi connectivity index (χ0v) is 17.0. The molecule has 0 aromatic rings. The van der Waals surface area contributed by atoms with E-state index >= 15 is 4.39 Å². The first-order valence-electron chi connectivity index (χ1n) is 10.2. The maximum absolute atomic E-state index is 15.2. The fraction of sp³-hybridized carbons (Fsp3) is 0.609. The maximum atomic E-state index is 15.2. The number of halogens is 1. The van der Waals surface area contributed by atoms with Gasteiger partial charge in [-0.3, -0.25) is 14.4 Å². The predicted molar refractivity (Wildman–Crippen MR) is 103 cm³/mol. The van der Waals surface area contributed by atoms with Gasteiger partial charge in [0.1, 0.15) is 6.17 Å². The van der Waals surface area contributed by atoms with Crippen LogP contribution in [0.1, 0.15) is 40.0 Å². The summed E-state index contributed by atoms with van der Waals surface area (Å²) in [7, 11) is 0. The second-order valence-electron chi connectivity index (χ2n) is 9.36. The second kappa shape index (κ2) is 6.73. The van der Waals surface area contributed by atoms with Gasteiger partial charge in [-0.25, -0.2) is 4.39 Å². The average Bonchev–Trinajstić information content (AvgIpc) is 2.97. The number of alkyl halides is 1. The summed E-state index contributed by atoms with van der Waals surface area (Å²) < 4.78 is 20.1. The summed E-state index contributed by atoms with van der Waals surface area (Å²) in [5.41, 5.74) is -0.242. The third kappa shape index (κ3) is 2.95. The third-order valence-corrected chi connectivity index (χ3v) is 7.76. The first kappa shape index (κ1) is 20.2. The molecule has 0 spiro atoms. The molecule has 0 saturated heterocycles. The normalized spacial score (nSPS) is 42.9. The Hall–Kier alpha value is -2.08. The van der Waals surface area contributed by atoms with E-state index in [0.717, 1.165) is 0 Å². The van der Waals surface area contributed by atoms with E-state index in [1.54, 1.807) is 6.08 Å². The Morgan fingerprint density at radius 3 is 2.76 bits per heavy atom. The Bertz CT molecular complexity index is 870. The minimum Gasteiger partial charge on any atom is -0.457 e. The Balaban J connectivity index is 1.66. The largest absolute Gasteiger partial charge is 0.457 e. The van der Waals surface area contributed by atoms with Gasteiger partial charge in [-0.15, -0.1) is 0 Å². The molecule has 29 heavy (non-hydrogen) atoms. The van der Waals surface area contributed by atoms with Crippen molar-refractivity contribution in [3.63, 3.8) is 0 Å². The van der Waals surface area contributed by atoms with Crippen LogP contribution in [0, 0.1) is 28.6 Å². The summed E-state index contributed by atoms with van der Waals surface area (Å²) in [6.45, 7) is 4.82. The molecule has 156 valence electrons. The molecule has 0 aliphatic heterocycles. The van der Waals surface area contributed by atoms with Crippen LogP contribution in [0.15, 0.2) is 35.5 Å². The van der Waals surface area contributed by atoms with Crippen LogP contribution in [0.25, 0.3) is 0 Å². The van der Waals surface area contributed by atoms with E-state index in [9.17, 15) is 19.5 Å². The van der Waals surface area contributed by atoms with Crippen molar-refractivity contribution in [2.45, 2.75) is 52.3 Å². The number of carbonyl (C=O) groups excluding carboxylic acids is 3. The van der Waals surface area contributed by atoms with Crippen LogP contribution in [-0.4, -0.2) is 41.5 Å². The fourth-order valence-corrected chi connectivity index (χ4v) is 6.58. The zero-order valence-electron chi connectivity index (χ0n) is 17.0. The van der Waals surface area contributed by atoms with Crippen LogP contribution in [0.2, 0.25) is 0 Å². The number of hydrogen-bond donors (Lipinski definition) is 1. The van der Waals surface area contributed by atoms with Crippen molar-refractivity contribution in [1.82, 2.24) is 0 Å². The lowest BCUT2D eigenvalue weighted by atomic mass is 9.46. The molecule has 6 heteroatoms. The maximum Gasteiger partial charge on any atom is 0.303 e. The average molecular weight is 402 g/mol. The molecule has 1 N–H and O–H groups in total. The summed E-state index contributed by atoms with van der Waals surface area (Å²) in [4.78, 5) is 35.6. The molecule has 4 aliphatic rings. The van der Waals surface area contributed by atoms with Gasteiger partial charge in [0.25, 0.3) is 0 Å². The number of esters is 1. The molecule has 0 aromatic heterocycles. The first-order chi connectivity index (χ1) is 13.6. The van der Waals surface area contributed by atoms with Gasteiger partial charge in [0.2, 0.25) is 0 Å². The Kier molecular flexibility index (Phi) is 4.69. The minimum absolute atomic E-state index is 0.0230. The number of carbonyl (C=O) groups is 3. The van der Waals surface area contributed by atoms with Crippen LogP contribution in [0.3, 0.4) is 0 Å². The number of allylic oxidation sites excluding steroid dienone is 5. The van der Waals surface area contributed by atoms with Crippen LogP contribution in [0.4, 0.5) is 4.39 Å². The van der Waals surface area contributed by atoms with Gasteiger partial charge in [0, 0.05) is 29.2 Å². The molecular weight excluding hydrogens is 375 g/mol. The first-order valence-corrected chi connectivity index (χ1v) is 10.2. The number of fused-ring (bicyclic) bond motifs is 5. The monoisotopic (exact) mass is 402 g/mol. The van der Waals surface area contributed by atoms with Crippen LogP contribution >= 0.6 is 0 Å². The quantitative estimate of drug-likeness (QED) is 0.735. The van der Waals surface area contributed by atoms with E-state index in [1.807, 2.05) is 19.9 Å². The molecule has 4 rings (SSSR count). The highest BCUT2D eigenvalue weighted by molar-refractivity contribution is 6.01. The number of Topliss-reactive ketones (excluding diaryl/α,β-unsaturated/α-hetero) is 1. The van der Waals surface area contributed by atoms with E-state index in [0.29, 0.717) is 24.0 Å². The van der Waals surface area contributed by atoms with Crippen LogP contribution < -0.4 is 0 Å². The smallest absolute Gasteiger partial charge is 0.303 e. The molecule has 0 amide bonds. The lowest BCUT2D eigenvalue weighted by Crippen LogP contribution is -2.57. The molecule has 0 radical (unpaired) electrons. The van der Waals surface area contributed by atoms with E-state index in [1.165, 1.54) is 19.1 Å². The van der Waals surface area contributed by atoms with Crippen molar-refractivity contribution in [3.05, 3.63) is 35.5 Å². The molecule has 2 saturated carbocycles. The number of aliphatic hydroxyl groups is 1. The van der Waals surface area contributed by atoms with Gasteiger partial charge in [-0.2, -0.15) is 0 Å². The number of rotatable bonds is 3. The Labute approximate surface area is 169 Å². The summed E-state index contributed by atoms with van der Waals surface area (Å²) in [5.74, 6) is -1.28. The van der Waals surface area contributed by atoms with Crippen LogP contribution in [-0.2, 0) is 19.1 Å². The number of aliphatic hydroxyl groups excluding tert-OH is 1. The molecule has 0 unspecified atom stereocenters. The van der Waals surface area contributed by atoms with Crippen molar-refractivity contribution in [2.24, 2.45) is 28.6 Å². The van der Waals surface area contributed by atoms with Gasteiger partial charge in [-0.1, -0.05) is 26.0 Å². The van der Waals surface area contributed by atoms with Crippen molar-refractivity contribution >= 4 is 17.5 Å². The summed E-state index contributed by atoms with van der Waals surface area (Å²) >= 11 is 0. The summed E-state index contributed by atoms with van der Waals surface area (Å²) in [6, 6.07) is 0. The molecule has 5 nitrogen and oxygen atoms in total. The number of ether oxygens (including phenoxy) is 1. The van der Waals surface area contributed by atoms with Crippen molar-refractivity contribution in [3.8, 4) is 0 Å². The van der Waals surface area contributed by atoms with E-state index in [-0.39, 0.29) is 42.3 Å². The molecule has 0 aromatic carbocycles. The van der Waals surface area contributed by atoms with Gasteiger partial charge in [0.05, 0.1) is 6.10 Å². The topological polar surface area (TPSA) is 80.7 Å². The highest BCUT2D eigenvalue weighted by Gasteiger charge is 2.62. The Morgan fingerprint density at radius 2 is 2.07 bits per heavy atom. The zero-order chi connectivity index (χ0) is 21.1. The molecule has 7 atom stereocenters. The van der Waals surface area contributed by atoms with E-state index < -0.39 is 29.1 Å². The minimum atomic E-state index is -1.24. The molecule has 2 fully saturated rings. The lowest BCUT2D eigenvalue weighted by Gasteiger charge is -2.58. The molecular formula is C23H27FO5. The molecule has 4 aliphatic carbocycles. The van der Waals surface area contributed by atoms with E-state index in [4.69, 9.17) is 4.74 Å². The highest BCUT2D eigenvalue weighted by atomic mass is 19.1. The summed E-state index contributed by atoms with van der Waals surface area (Å²) in [6.07, 6.45) is 5.79. The van der Waals surface area contributed by atoms with Crippen LogP contribution in [0.5, 0.6) is 0 Å². The van der Waals surface area contributed by atoms with Crippen molar-refractivity contribution in [1.29, 1.82) is 0 Å². The van der Waals surface area contributed by atoms with E-state index in [2.05, 4.69) is 0 Å². The lowest BCUT2D eigenvalue weighted by molar-refractivity contribution is -0.146. The van der Waals surface area contributed by atoms with Gasteiger partial charge in [0.15, 0.2) is 18.2 Å². The number of ketones is 2.